The van der Waals surface area contributed by atoms with Crippen molar-refractivity contribution in [2.24, 2.45) is 34.0 Å². The van der Waals surface area contributed by atoms with Crippen molar-refractivity contribution in [3.05, 3.63) is 54.1 Å². The third-order valence-electron chi connectivity index (χ3n) is 9.91. The van der Waals surface area contributed by atoms with Gasteiger partial charge in [0, 0.05) is 6.08 Å². The van der Waals surface area contributed by atoms with E-state index in [1.165, 1.54) is 13.2 Å². The molecule has 1 spiro atoms. The summed E-state index contributed by atoms with van der Waals surface area (Å²) in [6.07, 6.45) is 7.96. The average Bonchev–Trinajstić information content (AvgIpc) is 2.86. The van der Waals surface area contributed by atoms with E-state index in [0.717, 1.165) is 37.7 Å². The molecule has 6 rings (SSSR count). The molecule has 5 heteroatoms. The van der Waals surface area contributed by atoms with Gasteiger partial charge in [-0.05, 0) is 78.9 Å². The van der Waals surface area contributed by atoms with Crippen molar-refractivity contribution in [3.8, 4) is 0 Å². The molecule has 5 aliphatic rings. The third-order valence-corrected chi connectivity index (χ3v) is 9.91. The van der Waals surface area contributed by atoms with E-state index in [1.54, 1.807) is 6.08 Å². The Hall–Kier alpha value is -2.69. The Morgan fingerprint density at radius 1 is 1.06 bits per heavy atom. The highest BCUT2D eigenvalue weighted by molar-refractivity contribution is 6.03. The van der Waals surface area contributed by atoms with E-state index in [0.29, 0.717) is 18.4 Å². The van der Waals surface area contributed by atoms with Crippen LogP contribution in [0.25, 0.3) is 6.08 Å². The number of ketones is 1. The van der Waals surface area contributed by atoms with E-state index in [4.69, 9.17) is 9.47 Å². The molecule has 5 fully saturated rings. The van der Waals surface area contributed by atoms with Gasteiger partial charge in [-0.3, -0.25) is 9.59 Å². The summed E-state index contributed by atoms with van der Waals surface area (Å²) in [5, 5.41) is 0. The number of esters is 2. The fourth-order valence-corrected chi connectivity index (χ4v) is 8.36. The maximum Gasteiger partial charge on any atom is 0.331 e. The minimum absolute atomic E-state index is 0.0000494. The SMILES string of the molecule is C=C1C(=O)[C@]23CC[C@H]1CC2C1(C(=O)OC)CCCC(C)(C)C1C[C@H]3OC(=O)/C=C/c1ccccc1. The number of carbonyl (C=O) groups is 3. The molecule has 0 aliphatic heterocycles. The van der Waals surface area contributed by atoms with Gasteiger partial charge >= 0.3 is 11.9 Å². The van der Waals surface area contributed by atoms with Crippen LogP contribution in [-0.4, -0.2) is 30.9 Å². The molecule has 5 aliphatic carbocycles. The van der Waals surface area contributed by atoms with Gasteiger partial charge < -0.3 is 9.47 Å². The average molecular weight is 477 g/mol. The molecule has 0 aromatic heterocycles. The van der Waals surface area contributed by atoms with E-state index in [9.17, 15) is 14.4 Å². The summed E-state index contributed by atoms with van der Waals surface area (Å²) in [6.45, 7) is 8.58. The van der Waals surface area contributed by atoms with Crippen LogP contribution >= 0.6 is 0 Å². The second-order valence-electron chi connectivity index (χ2n) is 11.8. The fourth-order valence-electron chi connectivity index (χ4n) is 8.36. The molecule has 6 atom stereocenters. The number of carbonyl (C=O) groups excluding carboxylic acids is 3. The number of hydrogen-bond acceptors (Lipinski definition) is 5. The summed E-state index contributed by atoms with van der Waals surface area (Å²) in [4.78, 5) is 40.7. The molecule has 3 unspecified atom stereocenters. The number of benzene rings is 1. The maximum atomic E-state index is 13.9. The Bertz CT molecular complexity index is 1090. The molecule has 0 amide bonds. The van der Waals surface area contributed by atoms with E-state index in [-0.39, 0.29) is 34.9 Å². The van der Waals surface area contributed by atoms with Crippen molar-refractivity contribution in [1.82, 2.24) is 0 Å². The number of ether oxygens (including phenoxy) is 2. The zero-order valence-electron chi connectivity index (χ0n) is 21.0. The Balaban J connectivity index is 1.57. The van der Waals surface area contributed by atoms with Crippen LogP contribution in [0.15, 0.2) is 48.6 Å². The van der Waals surface area contributed by atoms with Gasteiger partial charge in [0.05, 0.1) is 17.9 Å². The lowest BCUT2D eigenvalue weighted by Crippen LogP contribution is -2.71. The Morgan fingerprint density at radius 2 is 1.80 bits per heavy atom. The summed E-state index contributed by atoms with van der Waals surface area (Å²) in [7, 11) is 1.46. The van der Waals surface area contributed by atoms with Gasteiger partial charge in [-0.2, -0.15) is 0 Å². The minimum atomic E-state index is -0.903. The fraction of sp³-hybridized carbons (Fsp3) is 0.567. The number of hydrogen-bond donors (Lipinski definition) is 0. The van der Waals surface area contributed by atoms with Crippen molar-refractivity contribution < 1.29 is 23.9 Å². The van der Waals surface area contributed by atoms with E-state index in [1.807, 2.05) is 30.3 Å². The maximum absolute atomic E-state index is 13.9. The number of allylic oxidation sites excluding steroid dienone is 1. The first kappa shape index (κ1) is 24.0. The first-order chi connectivity index (χ1) is 16.7. The van der Waals surface area contributed by atoms with Gasteiger partial charge in [0.1, 0.15) is 6.10 Å². The number of rotatable bonds is 4. The van der Waals surface area contributed by atoms with E-state index >= 15 is 0 Å². The molecule has 35 heavy (non-hydrogen) atoms. The van der Waals surface area contributed by atoms with E-state index in [2.05, 4.69) is 20.4 Å². The number of Topliss-reactive ketones (excluding diaryl/α,β-unsaturated/α-hetero) is 1. The van der Waals surface area contributed by atoms with Gasteiger partial charge in [-0.1, -0.05) is 57.2 Å². The predicted octanol–water partition coefficient (Wildman–Crippen LogP) is 5.54. The zero-order valence-corrected chi connectivity index (χ0v) is 21.0. The third kappa shape index (κ3) is 3.45. The van der Waals surface area contributed by atoms with Crippen molar-refractivity contribution in [2.45, 2.75) is 64.9 Å². The summed E-state index contributed by atoms with van der Waals surface area (Å²) in [5.41, 5.74) is -0.212. The van der Waals surface area contributed by atoms with Gasteiger partial charge in [-0.25, -0.2) is 4.79 Å². The molecule has 186 valence electrons. The van der Waals surface area contributed by atoms with Crippen LogP contribution in [-0.2, 0) is 23.9 Å². The molecule has 2 bridgehead atoms. The van der Waals surface area contributed by atoms with Gasteiger partial charge in [0.2, 0.25) is 0 Å². The van der Waals surface area contributed by atoms with Crippen LogP contribution in [0.1, 0.15) is 64.4 Å². The monoisotopic (exact) mass is 476 g/mol. The Kier molecular flexibility index (Phi) is 5.81. The van der Waals surface area contributed by atoms with Crippen LogP contribution in [0.3, 0.4) is 0 Å². The lowest BCUT2D eigenvalue weighted by molar-refractivity contribution is -0.232. The zero-order chi connectivity index (χ0) is 25.0. The first-order valence-corrected chi connectivity index (χ1v) is 12.9. The molecule has 1 aromatic rings. The summed E-state index contributed by atoms with van der Waals surface area (Å²) in [5.74, 6) is -0.776. The van der Waals surface area contributed by atoms with Crippen LogP contribution in [0.4, 0.5) is 0 Å². The van der Waals surface area contributed by atoms with Crippen LogP contribution in [0, 0.1) is 34.0 Å². The molecule has 5 saturated carbocycles. The highest BCUT2D eigenvalue weighted by Gasteiger charge is 2.74. The quantitative estimate of drug-likeness (QED) is 0.421. The van der Waals surface area contributed by atoms with Crippen molar-refractivity contribution in [3.63, 3.8) is 0 Å². The predicted molar refractivity (Wildman–Crippen MR) is 133 cm³/mol. The summed E-state index contributed by atoms with van der Waals surface area (Å²) >= 11 is 0. The molecule has 0 saturated heterocycles. The molecular weight excluding hydrogens is 440 g/mol. The molecule has 0 heterocycles. The number of methoxy groups -OCH3 is 1. The lowest BCUT2D eigenvalue weighted by Gasteiger charge is -2.67. The second-order valence-corrected chi connectivity index (χ2v) is 11.8. The van der Waals surface area contributed by atoms with Crippen LogP contribution < -0.4 is 0 Å². The standard InChI is InChI=1S/C30H36O5/c1-19-21-13-16-30(26(19)32)23(17-21)29(27(33)34-4)15-8-14-28(2,3)22(29)18-24(30)35-25(31)12-11-20-9-6-5-7-10-20/h5-7,9-12,21-24H,1,8,13-18H2,2-4H3/b12-11+/t21-,22?,23?,24+,29?,30+/m0/s1. The largest absolute Gasteiger partial charge is 0.469 e. The highest BCUT2D eigenvalue weighted by atomic mass is 16.5. The lowest BCUT2D eigenvalue weighted by atomic mass is 9.35. The molecule has 5 nitrogen and oxygen atoms in total. The molecule has 1 aromatic carbocycles. The molecular formula is C30H36O5. The Morgan fingerprint density at radius 3 is 2.51 bits per heavy atom. The van der Waals surface area contributed by atoms with Crippen molar-refractivity contribution in [1.29, 1.82) is 0 Å². The first-order valence-electron chi connectivity index (χ1n) is 12.9. The van der Waals surface area contributed by atoms with Crippen molar-refractivity contribution in [2.75, 3.05) is 7.11 Å². The highest BCUT2D eigenvalue weighted by Crippen LogP contribution is 2.71. The normalized spacial score (nSPS) is 37.5. The van der Waals surface area contributed by atoms with Crippen molar-refractivity contribution >= 4 is 23.8 Å². The topological polar surface area (TPSA) is 69.7 Å². The smallest absolute Gasteiger partial charge is 0.331 e. The van der Waals surface area contributed by atoms with Crippen LogP contribution in [0.2, 0.25) is 0 Å². The minimum Gasteiger partial charge on any atom is -0.469 e. The van der Waals surface area contributed by atoms with Gasteiger partial charge in [-0.15, -0.1) is 0 Å². The summed E-state index contributed by atoms with van der Waals surface area (Å²) < 4.78 is 11.7. The van der Waals surface area contributed by atoms with Crippen LogP contribution in [0.5, 0.6) is 0 Å². The Labute approximate surface area is 207 Å². The van der Waals surface area contributed by atoms with Gasteiger partial charge in [0.25, 0.3) is 0 Å². The molecule has 0 N–H and O–H groups in total. The molecule has 0 radical (unpaired) electrons. The number of fused-ring (bicyclic) bond motifs is 3. The second kappa shape index (κ2) is 8.46. The van der Waals surface area contributed by atoms with Gasteiger partial charge in [0.15, 0.2) is 5.78 Å². The van der Waals surface area contributed by atoms with E-state index < -0.39 is 22.9 Å². The summed E-state index contributed by atoms with van der Waals surface area (Å²) in [6, 6.07) is 9.60.